The van der Waals surface area contributed by atoms with Crippen molar-refractivity contribution in [3.05, 3.63) is 34.2 Å². The minimum atomic E-state index is -0.504. The zero-order chi connectivity index (χ0) is 12.4. The average Bonchev–Trinajstić information content (AvgIpc) is 2.32. The summed E-state index contributed by atoms with van der Waals surface area (Å²) in [5, 5.41) is 2.68. The van der Waals surface area contributed by atoms with E-state index in [1.54, 1.807) is 6.92 Å². The smallest absolute Gasteiger partial charge is 0.254 e. The van der Waals surface area contributed by atoms with Crippen LogP contribution in [-0.2, 0) is 4.79 Å². The van der Waals surface area contributed by atoms with E-state index in [0.29, 0.717) is 18.7 Å². The van der Waals surface area contributed by atoms with Crippen molar-refractivity contribution in [3.63, 3.8) is 0 Å². The number of rotatable bonds is 1. The van der Waals surface area contributed by atoms with Gasteiger partial charge in [0.15, 0.2) is 0 Å². The summed E-state index contributed by atoms with van der Waals surface area (Å²) < 4.78 is 0. The van der Waals surface area contributed by atoms with Crippen molar-refractivity contribution in [1.82, 2.24) is 15.2 Å². The lowest BCUT2D eigenvalue weighted by Gasteiger charge is -2.32. The molecule has 0 bridgehead atoms. The van der Waals surface area contributed by atoms with E-state index in [1.807, 2.05) is 0 Å². The fraction of sp³-hybridized carbons (Fsp3) is 0.364. The number of amides is 2. The molecule has 1 aromatic heterocycles. The Morgan fingerprint density at radius 1 is 1.47 bits per heavy atom. The molecule has 2 N–H and O–H groups in total. The first-order valence-corrected chi connectivity index (χ1v) is 5.37. The van der Waals surface area contributed by atoms with Gasteiger partial charge in [0.2, 0.25) is 11.5 Å². The summed E-state index contributed by atoms with van der Waals surface area (Å²) in [4.78, 5) is 38.6. The second-order valence-electron chi connectivity index (χ2n) is 3.91. The van der Waals surface area contributed by atoms with E-state index in [-0.39, 0.29) is 17.4 Å². The molecule has 2 rings (SSSR count). The fourth-order valence-corrected chi connectivity index (χ4v) is 1.80. The standard InChI is InChI=1S/C11H13N3O3/c1-7-10(16)13-4-5-14(7)11(17)8-2-3-12-9(15)6-8/h2-3,6-7H,4-5H2,1H3,(H,12,15)(H,13,16). The minimum absolute atomic E-state index is 0.172. The van der Waals surface area contributed by atoms with Crippen LogP contribution in [0.3, 0.4) is 0 Å². The fourth-order valence-electron chi connectivity index (χ4n) is 1.80. The van der Waals surface area contributed by atoms with Crippen LogP contribution in [0.15, 0.2) is 23.1 Å². The largest absolute Gasteiger partial charge is 0.353 e. The van der Waals surface area contributed by atoms with Crippen LogP contribution < -0.4 is 10.9 Å². The predicted molar refractivity (Wildman–Crippen MR) is 60.6 cm³/mol. The Hall–Kier alpha value is -2.11. The molecule has 17 heavy (non-hydrogen) atoms. The van der Waals surface area contributed by atoms with Gasteiger partial charge in [0.1, 0.15) is 6.04 Å². The molecule has 1 aliphatic heterocycles. The van der Waals surface area contributed by atoms with Gasteiger partial charge in [-0.1, -0.05) is 0 Å². The summed E-state index contributed by atoms with van der Waals surface area (Å²) >= 11 is 0. The molecule has 1 saturated heterocycles. The van der Waals surface area contributed by atoms with Gasteiger partial charge in [-0.15, -0.1) is 0 Å². The highest BCUT2D eigenvalue weighted by Gasteiger charge is 2.29. The second-order valence-corrected chi connectivity index (χ2v) is 3.91. The van der Waals surface area contributed by atoms with Crippen LogP contribution in [-0.4, -0.2) is 40.8 Å². The Balaban J connectivity index is 2.25. The summed E-state index contributed by atoms with van der Waals surface area (Å²) in [6, 6.07) is 2.26. The van der Waals surface area contributed by atoms with Crippen molar-refractivity contribution in [2.45, 2.75) is 13.0 Å². The molecule has 90 valence electrons. The number of aromatic nitrogens is 1. The lowest BCUT2D eigenvalue weighted by atomic mass is 10.1. The van der Waals surface area contributed by atoms with Gasteiger partial charge >= 0.3 is 0 Å². The number of piperazine rings is 1. The van der Waals surface area contributed by atoms with Crippen LogP contribution in [0.4, 0.5) is 0 Å². The zero-order valence-electron chi connectivity index (χ0n) is 9.40. The molecule has 1 unspecified atom stereocenters. The molecule has 0 spiro atoms. The number of aromatic amines is 1. The molecule has 1 aliphatic rings. The molecule has 6 heteroatoms. The van der Waals surface area contributed by atoms with Gasteiger partial charge in [0.25, 0.3) is 5.91 Å². The van der Waals surface area contributed by atoms with Crippen molar-refractivity contribution in [2.75, 3.05) is 13.1 Å². The van der Waals surface area contributed by atoms with E-state index in [1.165, 1.54) is 23.2 Å². The normalized spacial score (nSPS) is 19.9. The Morgan fingerprint density at radius 3 is 2.94 bits per heavy atom. The Bertz CT molecular complexity index is 509. The third kappa shape index (κ3) is 2.20. The predicted octanol–water partition coefficient (Wildman–Crippen LogP) is -0.665. The van der Waals surface area contributed by atoms with Gasteiger partial charge in [-0.25, -0.2) is 0 Å². The van der Waals surface area contributed by atoms with Crippen LogP contribution in [0.2, 0.25) is 0 Å². The summed E-state index contributed by atoms with van der Waals surface area (Å²) in [6.07, 6.45) is 1.42. The third-order valence-corrected chi connectivity index (χ3v) is 2.78. The van der Waals surface area contributed by atoms with E-state index < -0.39 is 6.04 Å². The first kappa shape index (κ1) is 11.4. The van der Waals surface area contributed by atoms with Crippen molar-refractivity contribution in [3.8, 4) is 0 Å². The number of carbonyl (C=O) groups excluding carboxylic acids is 2. The van der Waals surface area contributed by atoms with E-state index >= 15 is 0 Å². The molecule has 2 amide bonds. The number of hydrogen-bond donors (Lipinski definition) is 2. The summed E-state index contributed by atoms with van der Waals surface area (Å²) in [5.41, 5.74) is -0.0275. The van der Waals surface area contributed by atoms with Gasteiger partial charge in [-0.2, -0.15) is 0 Å². The summed E-state index contributed by atoms with van der Waals surface area (Å²) in [7, 11) is 0. The number of nitrogens with one attached hydrogen (secondary N) is 2. The van der Waals surface area contributed by atoms with Crippen LogP contribution >= 0.6 is 0 Å². The maximum Gasteiger partial charge on any atom is 0.254 e. The Labute approximate surface area is 97.6 Å². The highest BCUT2D eigenvalue weighted by molar-refractivity contribution is 5.97. The highest BCUT2D eigenvalue weighted by atomic mass is 16.2. The first-order chi connectivity index (χ1) is 8.09. The number of carbonyl (C=O) groups is 2. The van der Waals surface area contributed by atoms with Gasteiger partial charge in [0.05, 0.1) is 0 Å². The van der Waals surface area contributed by atoms with Crippen LogP contribution in [0, 0.1) is 0 Å². The van der Waals surface area contributed by atoms with Crippen molar-refractivity contribution >= 4 is 11.8 Å². The maximum absolute atomic E-state index is 12.1. The monoisotopic (exact) mass is 235 g/mol. The Kier molecular flexibility index (Phi) is 2.95. The lowest BCUT2D eigenvalue weighted by Crippen LogP contribution is -2.55. The van der Waals surface area contributed by atoms with Crippen molar-refractivity contribution in [2.24, 2.45) is 0 Å². The first-order valence-electron chi connectivity index (χ1n) is 5.37. The molecule has 6 nitrogen and oxygen atoms in total. The molecule has 0 saturated carbocycles. The number of H-pyrrole nitrogens is 1. The lowest BCUT2D eigenvalue weighted by molar-refractivity contribution is -0.127. The summed E-state index contributed by atoms with van der Waals surface area (Å²) in [5.74, 6) is -0.465. The topological polar surface area (TPSA) is 82.3 Å². The second kappa shape index (κ2) is 4.40. The highest BCUT2D eigenvalue weighted by Crippen LogP contribution is 2.09. The maximum atomic E-state index is 12.1. The molecule has 1 fully saturated rings. The molecule has 0 aliphatic carbocycles. The molecule has 1 atom stereocenters. The van der Waals surface area contributed by atoms with E-state index in [4.69, 9.17) is 0 Å². The van der Waals surface area contributed by atoms with Crippen LogP contribution in [0.5, 0.6) is 0 Å². The van der Waals surface area contributed by atoms with E-state index in [0.717, 1.165) is 0 Å². The molecule has 1 aromatic rings. The number of hydrogen-bond acceptors (Lipinski definition) is 3. The van der Waals surface area contributed by atoms with Crippen molar-refractivity contribution in [1.29, 1.82) is 0 Å². The van der Waals surface area contributed by atoms with Gasteiger partial charge < -0.3 is 15.2 Å². The molecule has 0 radical (unpaired) electrons. The third-order valence-electron chi connectivity index (χ3n) is 2.78. The summed E-state index contributed by atoms with van der Waals surface area (Å²) in [6.45, 7) is 2.57. The van der Waals surface area contributed by atoms with Crippen LogP contribution in [0.1, 0.15) is 17.3 Å². The zero-order valence-corrected chi connectivity index (χ0v) is 9.40. The van der Waals surface area contributed by atoms with E-state index in [2.05, 4.69) is 10.3 Å². The van der Waals surface area contributed by atoms with Crippen molar-refractivity contribution < 1.29 is 9.59 Å². The SMILES string of the molecule is CC1C(=O)NCCN1C(=O)c1cc[nH]c(=O)c1. The average molecular weight is 235 g/mol. The van der Waals surface area contributed by atoms with Gasteiger partial charge in [0, 0.05) is 30.9 Å². The Morgan fingerprint density at radius 2 is 2.24 bits per heavy atom. The minimum Gasteiger partial charge on any atom is -0.353 e. The van der Waals surface area contributed by atoms with Gasteiger partial charge in [-0.3, -0.25) is 14.4 Å². The molecule has 0 aromatic carbocycles. The molecular formula is C11H13N3O3. The van der Waals surface area contributed by atoms with Gasteiger partial charge in [-0.05, 0) is 13.0 Å². The quantitative estimate of drug-likeness (QED) is 0.677. The van der Waals surface area contributed by atoms with E-state index in [9.17, 15) is 14.4 Å². The number of pyridine rings is 1. The number of nitrogens with zero attached hydrogens (tertiary/aromatic N) is 1. The molecule has 2 heterocycles. The molecular weight excluding hydrogens is 222 g/mol. The van der Waals surface area contributed by atoms with Crippen LogP contribution in [0.25, 0.3) is 0 Å².